The van der Waals surface area contributed by atoms with Crippen molar-refractivity contribution in [3.05, 3.63) is 35.4 Å². The molecule has 0 bridgehead atoms. The van der Waals surface area contributed by atoms with Crippen LogP contribution in [0.2, 0.25) is 0 Å². The Labute approximate surface area is 122 Å². The first-order chi connectivity index (χ1) is 8.17. The molecule has 0 radical (unpaired) electrons. The fourth-order valence-electron chi connectivity index (χ4n) is 1.21. The smallest absolute Gasteiger partial charge is 0.192 e. The van der Waals surface area contributed by atoms with Gasteiger partial charge in [0, 0.05) is 19.2 Å². The molecule has 0 amide bonds. The van der Waals surface area contributed by atoms with E-state index in [-0.39, 0.29) is 36.1 Å². The molecule has 98 valence electrons. The molecule has 1 aromatic carbocycles. The molecule has 3 nitrogen and oxygen atoms in total. The van der Waals surface area contributed by atoms with Crippen molar-refractivity contribution >= 4 is 29.9 Å². The maximum absolute atomic E-state index is 13.3. The lowest BCUT2D eigenvalue weighted by Gasteiger charge is -2.10. The van der Waals surface area contributed by atoms with Gasteiger partial charge in [-0.15, -0.1) is 30.4 Å². The summed E-state index contributed by atoms with van der Waals surface area (Å²) in [6.45, 7) is 0.444. The number of hydrogen-bond donors (Lipinski definition) is 2. The van der Waals surface area contributed by atoms with Gasteiger partial charge in [-0.1, -0.05) is 5.92 Å². The maximum atomic E-state index is 13.3. The third kappa shape index (κ3) is 5.31. The molecule has 0 fully saturated rings. The molecule has 0 saturated carbocycles. The monoisotopic (exact) mass is 365 g/mol. The molecule has 0 saturated heterocycles. The molecule has 6 heteroatoms. The summed E-state index contributed by atoms with van der Waals surface area (Å²) in [6.07, 6.45) is 5.08. The van der Waals surface area contributed by atoms with Crippen LogP contribution in [0.15, 0.2) is 23.2 Å². The molecule has 2 N–H and O–H groups in total. The SMILES string of the molecule is C#CCNC(=NC)NCc1cc(F)ccc1F.I. The second-order valence-corrected chi connectivity index (χ2v) is 3.22. The van der Waals surface area contributed by atoms with E-state index in [2.05, 4.69) is 21.5 Å². The van der Waals surface area contributed by atoms with Crippen LogP contribution in [0, 0.1) is 24.0 Å². The van der Waals surface area contributed by atoms with Crippen LogP contribution >= 0.6 is 24.0 Å². The summed E-state index contributed by atoms with van der Waals surface area (Å²) >= 11 is 0. The van der Waals surface area contributed by atoms with E-state index in [1.165, 1.54) is 0 Å². The lowest BCUT2D eigenvalue weighted by atomic mass is 10.2. The average molecular weight is 365 g/mol. The Morgan fingerprint density at radius 3 is 2.72 bits per heavy atom. The molecule has 0 spiro atoms. The number of rotatable bonds is 3. The Balaban J connectivity index is 0.00000289. The van der Waals surface area contributed by atoms with E-state index in [1.807, 2.05) is 0 Å². The van der Waals surface area contributed by atoms with Gasteiger partial charge in [0.15, 0.2) is 5.96 Å². The minimum absolute atomic E-state index is 0. The number of benzene rings is 1. The van der Waals surface area contributed by atoms with Gasteiger partial charge >= 0.3 is 0 Å². The minimum atomic E-state index is -0.477. The molecule has 0 aliphatic heterocycles. The van der Waals surface area contributed by atoms with Gasteiger partial charge in [0.2, 0.25) is 0 Å². The highest BCUT2D eigenvalue weighted by atomic mass is 127. The van der Waals surface area contributed by atoms with E-state index >= 15 is 0 Å². The summed E-state index contributed by atoms with van der Waals surface area (Å²) in [5.74, 6) is 1.88. The first-order valence-corrected chi connectivity index (χ1v) is 4.99. The lowest BCUT2D eigenvalue weighted by molar-refractivity contribution is 0.581. The van der Waals surface area contributed by atoms with Crippen molar-refractivity contribution in [2.45, 2.75) is 6.54 Å². The van der Waals surface area contributed by atoms with Gasteiger partial charge in [0.1, 0.15) is 11.6 Å². The van der Waals surface area contributed by atoms with Crippen molar-refractivity contribution in [3.8, 4) is 12.3 Å². The Kier molecular flexibility index (Phi) is 8.03. The van der Waals surface area contributed by atoms with Gasteiger partial charge in [0.05, 0.1) is 6.54 Å². The summed E-state index contributed by atoms with van der Waals surface area (Å²) in [7, 11) is 1.56. The zero-order valence-electron chi connectivity index (χ0n) is 9.84. The zero-order chi connectivity index (χ0) is 12.7. The molecule has 0 heterocycles. The molecule has 0 aliphatic rings. The Morgan fingerprint density at radius 2 is 2.11 bits per heavy atom. The second-order valence-electron chi connectivity index (χ2n) is 3.22. The predicted molar refractivity (Wildman–Crippen MR) is 78.8 cm³/mol. The number of terminal acetylenes is 1. The molecular formula is C12H14F2IN3. The van der Waals surface area contributed by atoms with E-state index in [0.29, 0.717) is 12.5 Å². The summed E-state index contributed by atoms with van der Waals surface area (Å²) in [4.78, 5) is 3.88. The van der Waals surface area contributed by atoms with Gasteiger partial charge in [-0.3, -0.25) is 4.99 Å². The summed E-state index contributed by atoms with van der Waals surface area (Å²) in [6, 6.07) is 3.30. The first-order valence-electron chi connectivity index (χ1n) is 4.99. The fraction of sp³-hybridized carbons (Fsp3) is 0.250. The van der Waals surface area contributed by atoms with Crippen molar-refractivity contribution in [2.75, 3.05) is 13.6 Å². The Bertz CT molecular complexity index is 455. The number of guanidine groups is 1. The van der Waals surface area contributed by atoms with Crippen LogP contribution in [0.3, 0.4) is 0 Å². The van der Waals surface area contributed by atoms with Crippen molar-refractivity contribution in [3.63, 3.8) is 0 Å². The van der Waals surface area contributed by atoms with Crippen molar-refractivity contribution in [1.82, 2.24) is 10.6 Å². The fourth-order valence-corrected chi connectivity index (χ4v) is 1.21. The van der Waals surface area contributed by atoms with E-state index in [9.17, 15) is 8.78 Å². The predicted octanol–water partition coefficient (Wildman–Crippen LogP) is 1.88. The number of nitrogens with zero attached hydrogens (tertiary/aromatic N) is 1. The van der Waals surface area contributed by atoms with Gasteiger partial charge in [-0.2, -0.15) is 0 Å². The van der Waals surface area contributed by atoms with Crippen molar-refractivity contribution in [1.29, 1.82) is 0 Å². The third-order valence-electron chi connectivity index (χ3n) is 2.04. The minimum Gasteiger partial charge on any atom is -0.352 e. The van der Waals surface area contributed by atoms with Crippen LogP contribution in [0.5, 0.6) is 0 Å². The maximum Gasteiger partial charge on any atom is 0.192 e. The van der Waals surface area contributed by atoms with E-state index in [0.717, 1.165) is 18.2 Å². The molecular weight excluding hydrogens is 351 g/mol. The highest BCUT2D eigenvalue weighted by Crippen LogP contribution is 2.08. The number of hydrogen-bond acceptors (Lipinski definition) is 1. The van der Waals surface area contributed by atoms with E-state index in [4.69, 9.17) is 6.42 Å². The molecule has 18 heavy (non-hydrogen) atoms. The molecule has 1 rings (SSSR count). The van der Waals surface area contributed by atoms with Gasteiger partial charge in [-0.25, -0.2) is 8.78 Å². The van der Waals surface area contributed by atoms with Gasteiger partial charge in [0.25, 0.3) is 0 Å². The highest BCUT2D eigenvalue weighted by Gasteiger charge is 2.04. The van der Waals surface area contributed by atoms with Crippen LogP contribution < -0.4 is 10.6 Å². The zero-order valence-corrected chi connectivity index (χ0v) is 12.2. The van der Waals surface area contributed by atoms with Crippen LogP contribution in [0.4, 0.5) is 8.78 Å². The van der Waals surface area contributed by atoms with Crippen LogP contribution in [-0.4, -0.2) is 19.6 Å². The van der Waals surface area contributed by atoms with E-state index in [1.54, 1.807) is 7.05 Å². The molecule has 1 aromatic rings. The largest absolute Gasteiger partial charge is 0.352 e. The summed E-state index contributed by atoms with van der Waals surface area (Å²) in [5, 5.41) is 5.64. The van der Waals surface area contributed by atoms with Gasteiger partial charge < -0.3 is 10.6 Å². The highest BCUT2D eigenvalue weighted by molar-refractivity contribution is 14.0. The topological polar surface area (TPSA) is 36.4 Å². The number of aliphatic imine (C=N–C) groups is 1. The van der Waals surface area contributed by atoms with Crippen LogP contribution in [0.1, 0.15) is 5.56 Å². The summed E-state index contributed by atoms with van der Waals surface area (Å²) in [5.41, 5.74) is 0.230. The van der Waals surface area contributed by atoms with Gasteiger partial charge in [-0.05, 0) is 18.2 Å². The van der Waals surface area contributed by atoms with Crippen LogP contribution in [-0.2, 0) is 6.54 Å². The number of halogens is 3. The van der Waals surface area contributed by atoms with Crippen molar-refractivity contribution in [2.24, 2.45) is 4.99 Å². The third-order valence-corrected chi connectivity index (χ3v) is 2.04. The lowest BCUT2D eigenvalue weighted by Crippen LogP contribution is -2.37. The molecule has 0 atom stereocenters. The second kappa shape index (κ2) is 8.69. The Hall–Kier alpha value is -1.36. The van der Waals surface area contributed by atoms with E-state index < -0.39 is 11.6 Å². The van der Waals surface area contributed by atoms with Crippen LogP contribution in [0.25, 0.3) is 0 Å². The van der Waals surface area contributed by atoms with Crippen molar-refractivity contribution < 1.29 is 8.78 Å². The quantitative estimate of drug-likeness (QED) is 0.372. The number of nitrogens with one attached hydrogen (secondary N) is 2. The average Bonchev–Trinajstić information content (AvgIpc) is 2.33. The molecule has 0 aliphatic carbocycles. The molecule has 0 unspecified atom stereocenters. The first kappa shape index (κ1) is 16.6. The Morgan fingerprint density at radius 1 is 1.39 bits per heavy atom. The molecule has 0 aromatic heterocycles. The normalized spacial score (nSPS) is 10.2. The standard InChI is InChI=1S/C12H13F2N3.HI/c1-3-6-16-12(15-2)17-8-9-7-10(13)4-5-11(9)14;/h1,4-5,7H,6,8H2,2H3,(H2,15,16,17);1H. The summed E-state index contributed by atoms with van der Waals surface area (Å²) < 4.78 is 26.2.